The summed E-state index contributed by atoms with van der Waals surface area (Å²) >= 11 is 5.74. The Morgan fingerprint density at radius 1 is 1.10 bits per heavy atom. The van der Waals surface area contributed by atoms with Gasteiger partial charge in [0.1, 0.15) is 5.75 Å². The van der Waals surface area contributed by atoms with Crippen LogP contribution in [0.25, 0.3) is 5.69 Å². The predicted octanol–water partition coefficient (Wildman–Crippen LogP) is 4.65. The highest BCUT2D eigenvalue weighted by Crippen LogP contribution is 2.40. The van der Waals surface area contributed by atoms with E-state index in [4.69, 9.17) is 17.0 Å². The first-order valence-electron chi connectivity index (χ1n) is 10.0. The fraction of sp³-hybridized carbons (Fsp3) is 0.304. The number of hydrogen-bond donors (Lipinski definition) is 1. The zero-order valence-corrected chi connectivity index (χ0v) is 17.6. The summed E-state index contributed by atoms with van der Waals surface area (Å²) in [6.45, 7) is 3.11. The first kappa shape index (κ1) is 19.5. The van der Waals surface area contributed by atoms with Crippen LogP contribution in [-0.2, 0) is 0 Å². The van der Waals surface area contributed by atoms with E-state index < -0.39 is 0 Å². The van der Waals surface area contributed by atoms with E-state index in [9.17, 15) is 0 Å². The standard InChI is InChI=1S/C23H26N4OS/c1-3-4-15-27-22(21(25-23(27)29)17-10-7-8-14-24-17)19-12-9-16-26(19)18-11-5-6-13-20(18)28-2/h5-14,16,21-22H,3-4,15H2,1-2H3,(H,25,29)/t21-,22-/m1/s1. The molecule has 0 saturated carbocycles. The number of hydrogen-bond acceptors (Lipinski definition) is 3. The van der Waals surface area contributed by atoms with Gasteiger partial charge in [0.15, 0.2) is 5.11 Å². The van der Waals surface area contributed by atoms with E-state index in [-0.39, 0.29) is 12.1 Å². The molecule has 4 rings (SSSR count). The minimum absolute atomic E-state index is 0.0103. The first-order valence-corrected chi connectivity index (χ1v) is 10.4. The Labute approximate surface area is 177 Å². The van der Waals surface area contributed by atoms with Crippen molar-refractivity contribution < 1.29 is 4.74 Å². The second-order valence-corrected chi connectivity index (χ2v) is 7.54. The molecule has 3 aromatic rings. The van der Waals surface area contributed by atoms with Crippen LogP contribution in [0.4, 0.5) is 0 Å². The van der Waals surface area contributed by atoms with Gasteiger partial charge in [0, 0.05) is 24.6 Å². The Morgan fingerprint density at radius 3 is 2.69 bits per heavy atom. The summed E-state index contributed by atoms with van der Waals surface area (Å²) in [7, 11) is 1.71. The van der Waals surface area contributed by atoms with Crippen molar-refractivity contribution in [2.45, 2.75) is 31.8 Å². The maximum atomic E-state index is 5.74. The highest BCUT2D eigenvalue weighted by molar-refractivity contribution is 7.80. The lowest BCUT2D eigenvalue weighted by Gasteiger charge is -2.29. The summed E-state index contributed by atoms with van der Waals surface area (Å²) in [6, 6.07) is 18.4. The van der Waals surface area contributed by atoms with Crippen molar-refractivity contribution in [2.24, 2.45) is 0 Å². The second-order valence-electron chi connectivity index (χ2n) is 7.15. The molecule has 5 nitrogen and oxygen atoms in total. The molecule has 6 heteroatoms. The van der Waals surface area contributed by atoms with Crippen molar-refractivity contribution in [3.05, 3.63) is 78.4 Å². The quantitative estimate of drug-likeness (QED) is 0.579. The molecule has 2 aromatic heterocycles. The van der Waals surface area contributed by atoms with Crippen molar-refractivity contribution in [3.8, 4) is 11.4 Å². The average Bonchev–Trinajstić information content (AvgIpc) is 3.37. The molecule has 0 spiro atoms. The number of ether oxygens (including phenoxy) is 1. The van der Waals surface area contributed by atoms with Gasteiger partial charge in [0.25, 0.3) is 0 Å². The van der Waals surface area contributed by atoms with Crippen LogP contribution in [0.5, 0.6) is 5.75 Å². The number of aromatic nitrogens is 2. The molecular formula is C23H26N4OS. The molecule has 2 atom stereocenters. The Hall–Kier alpha value is -2.86. The predicted molar refractivity (Wildman–Crippen MR) is 119 cm³/mol. The smallest absolute Gasteiger partial charge is 0.170 e. The van der Waals surface area contributed by atoms with Gasteiger partial charge in [0.05, 0.1) is 30.6 Å². The maximum Gasteiger partial charge on any atom is 0.170 e. The third-order valence-electron chi connectivity index (χ3n) is 5.38. The highest BCUT2D eigenvalue weighted by Gasteiger charge is 2.41. The maximum absolute atomic E-state index is 5.74. The Balaban J connectivity index is 1.81. The van der Waals surface area contributed by atoms with Crippen molar-refractivity contribution >= 4 is 17.3 Å². The molecule has 1 aliphatic rings. The van der Waals surface area contributed by atoms with Crippen LogP contribution in [-0.4, -0.2) is 33.2 Å². The SMILES string of the molecule is CCCCN1C(=S)N[C@H](c2ccccn2)[C@H]1c1cccn1-c1ccccc1OC. The average molecular weight is 407 g/mol. The lowest BCUT2D eigenvalue weighted by atomic mass is 10.0. The monoisotopic (exact) mass is 406 g/mol. The van der Waals surface area contributed by atoms with Crippen LogP contribution in [0.1, 0.15) is 43.2 Å². The molecule has 0 bridgehead atoms. The van der Waals surface area contributed by atoms with Crippen LogP contribution in [0.2, 0.25) is 0 Å². The number of thiocarbonyl (C=S) groups is 1. The number of nitrogens with one attached hydrogen (secondary N) is 1. The van der Waals surface area contributed by atoms with Crippen LogP contribution in [0, 0.1) is 0 Å². The summed E-state index contributed by atoms with van der Waals surface area (Å²) < 4.78 is 7.83. The summed E-state index contributed by atoms with van der Waals surface area (Å²) in [5.41, 5.74) is 3.17. The number of pyridine rings is 1. The number of methoxy groups -OCH3 is 1. The van der Waals surface area contributed by atoms with Crippen molar-refractivity contribution in [2.75, 3.05) is 13.7 Å². The molecule has 0 unspecified atom stereocenters. The number of nitrogens with zero attached hydrogens (tertiary/aromatic N) is 3. The van der Waals surface area contributed by atoms with Gasteiger partial charge in [-0.25, -0.2) is 0 Å². The number of benzene rings is 1. The van der Waals surface area contributed by atoms with Gasteiger partial charge in [-0.1, -0.05) is 31.5 Å². The van der Waals surface area contributed by atoms with E-state index in [1.54, 1.807) is 7.11 Å². The Morgan fingerprint density at radius 2 is 1.93 bits per heavy atom. The molecule has 1 N–H and O–H groups in total. The number of rotatable bonds is 7. The van der Waals surface area contributed by atoms with Gasteiger partial charge in [-0.05, 0) is 55.0 Å². The van der Waals surface area contributed by atoms with Gasteiger partial charge in [-0.15, -0.1) is 0 Å². The molecule has 1 fully saturated rings. The first-order chi connectivity index (χ1) is 14.2. The zero-order chi connectivity index (χ0) is 20.2. The van der Waals surface area contributed by atoms with E-state index in [2.05, 4.69) is 57.2 Å². The summed E-state index contributed by atoms with van der Waals surface area (Å²) in [6.07, 6.45) is 6.13. The fourth-order valence-corrected chi connectivity index (χ4v) is 4.31. The third-order valence-corrected chi connectivity index (χ3v) is 5.73. The highest BCUT2D eigenvalue weighted by atomic mass is 32.1. The van der Waals surface area contributed by atoms with E-state index in [1.165, 1.54) is 0 Å². The summed E-state index contributed by atoms with van der Waals surface area (Å²) in [4.78, 5) is 6.93. The van der Waals surface area contributed by atoms with Crippen molar-refractivity contribution in [3.63, 3.8) is 0 Å². The molecule has 29 heavy (non-hydrogen) atoms. The molecule has 1 aliphatic heterocycles. The van der Waals surface area contributed by atoms with Gasteiger partial charge in [-0.3, -0.25) is 4.98 Å². The molecular weight excluding hydrogens is 380 g/mol. The van der Waals surface area contributed by atoms with Gasteiger partial charge in [0.2, 0.25) is 0 Å². The topological polar surface area (TPSA) is 42.3 Å². The second kappa shape index (κ2) is 8.66. The summed E-state index contributed by atoms with van der Waals surface area (Å²) in [5, 5.41) is 4.31. The van der Waals surface area contributed by atoms with Crippen LogP contribution >= 0.6 is 12.2 Å². The molecule has 0 radical (unpaired) electrons. The van der Waals surface area contributed by atoms with Crippen LogP contribution in [0.15, 0.2) is 67.0 Å². The van der Waals surface area contributed by atoms with E-state index in [1.807, 2.05) is 36.5 Å². The lowest BCUT2D eigenvalue weighted by Crippen LogP contribution is -2.31. The molecule has 0 aliphatic carbocycles. The number of para-hydroxylation sites is 2. The van der Waals surface area contributed by atoms with Gasteiger partial charge >= 0.3 is 0 Å². The van der Waals surface area contributed by atoms with E-state index in [0.29, 0.717) is 0 Å². The molecule has 150 valence electrons. The molecule has 1 aromatic carbocycles. The van der Waals surface area contributed by atoms with Crippen molar-refractivity contribution in [1.29, 1.82) is 0 Å². The minimum Gasteiger partial charge on any atom is -0.495 e. The lowest BCUT2D eigenvalue weighted by molar-refractivity contribution is 0.304. The minimum atomic E-state index is -0.0103. The zero-order valence-electron chi connectivity index (χ0n) is 16.8. The molecule has 0 amide bonds. The molecule has 3 heterocycles. The summed E-state index contributed by atoms with van der Waals surface area (Å²) in [5.74, 6) is 0.841. The van der Waals surface area contributed by atoms with Crippen molar-refractivity contribution in [1.82, 2.24) is 19.8 Å². The molecule has 1 saturated heterocycles. The van der Waals surface area contributed by atoms with Gasteiger partial charge < -0.3 is 19.5 Å². The third kappa shape index (κ3) is 3.72. The Kier molecular flexibility index (Phi) is 5.81. The largest absolute Gasteiger partial charge is 0.495 e. The Bertz CT molecular complexity index is 972. The van der Waals surface area contributed by atoms with E-state index in [0.717, 1.165) is 47.3 Å². The number of unbranched alkanes of at least 4 members (excludes halogenated alkanes) is 1. The normalized spacial score (nSPS) is 18.7. The van der Waals surface area contributed by atoms with Crippen LogP contribution in [0.3, 0.4) is 0 Å². The van der Waals surface area contributed by atoms with Crippen LogP contribution < -0.4 is 10.1 Å². The van der Waals surface area contributed by atoms with E-state index >= 15 is 0 Å². The van der Waals surface area contributed by atoms with Gasteiger partial charge in [-0.2, -0.15) is 0 Å². The fourth-order valence-electron chi connectivity index (χ4n) is 3.98.